The van der Waals surface area contributed by atoms with Crippen LogP contribution in [-0.2, 0) is 6.61 Å². The second-order valence-corrected chi connectivity index (χ2v) is 3.95. The molecule has 0 radical (unpaired) electrons. The van der Waals surface area contributed by atoms with Crippen molar-refractivity contribution in [2.45, 2.75) is 6.61 Å². The number of benzene rings is 1. The Morgan fingerprint density at radius 2 is 1.94 bits per heavy atom. The maximum absolute atomic E-state index is 12.6. The van der Waals surface area contributed by atoms with Crippen LogP contribution in [0.25, 0.3) is 0 Å². The fourth-order valence-corrected chi connectivity index (χ4v) is 1.58. The predicted molar refractivity (Wildman–Crippen MR) is 62.7 cm³/mol. The highest BCUT2D eigenvalue weighted by Gasteiger charge is 2.01. The zero-order valence-electron chi connectivity index (χ0n) is 8.36. The van der Waals surface area contributed by atoms with Crippen LogP contribution in [0.4, 0.5) is 4.39 Å². The van der Waals surface area contributed by atoms with Crippen molar-refractivity contribution in [3.63, 3.8) is 0 Å². The van der Waals surface area contributed by atoms with E-state index in [2.05, 4.69) is 20.9 Å². The van der Waals surface area contributed by atoms with Crippen LogP contribution in [-0.4, -0.2) is 4.98 Å². The Kier molecular flexibility index (Phi) is 3.51. The number of halogens is 2. The molecule has 2 aromatic rings. The summed E-state index contributed by atoms with van der Waals surface area (Å²) in [5, 5.41) is 0. The number of pyridine rings is 1. The normalized spacial score (nSPS) is 10.1. The van der Waals surface area contributed by atoms with E-state index >= 15 is 0 Å². The summed E-state index contributed by atoms with van der Waals surface area (Å²) in [6.45, 7) is 0.403. The van der Waals surface area contributed by atoms with E-state index in [1.165, 1.54) is 12.1 Å². The van der Waals surface area contributed by atoms with Gasteiger partial charge in [0.15, 0.2) is 0 Å². The molecule has 0 N–H and O–H groups in total. The summed E-state index contributed by atoms with van der Waals surface area (Å²) in [7, 11) is 0. The van der Waals surface area contributed by atoms with Crippen LogP contribution in [0.5, 0.6) is 5.75 Å². The molecule has 0 unspecified atom stereocenters. The maximum atomic E-state index is 12.6. The topological polar surface area (TPSA) is 22.1 Å². The van der Waals surface area contributed by atoms with Gasteiger partial charge in [-0.1, -0.05) is 6.07 Å². The first-order valence-electron chi connectivity index (χ1n) is 4.73. The van der Waals surface area contributed by atoms with Crippen molar-refractivity contribution in [1.82, 2.24) is 4.98 Å². The van der Waals surface area contributed by atoms with Crippen LogP contribution in [0.2, 0.25) is 0 Å². The van der Waals surface area contributed by atoms with Crippen LogP contribution in [0.15, 0.2) is 47.2 Å². The highest BCUT2D eigenvalue weighted by atomic mass is 79.9. The molecular weight excluding hydrogens is 273 g/mol. The number of hydrogen-bond acceptors (Lipinski definition) is 2. The van der Waals surface area contributed by atoms with Gasteiger partial charge in [0.25, 0.3) is 0 Å². The summed E-state index contributed by atoms with van der Waals surface area (Å²) in [6.07, 6.45) is 1.70. The molecule has 0 aliphatic rings. The molecule has 0 amide bonds. The molecule has 16 heavy (non-hydrogen) atoms. The Balaban J connectivity index is 2.02. The predicted octanol–water partition coefficient (Wildman–Crippen LogP) is 3.56. The van der Waals surface area contributed by atoms with E-state index in [9.17, 15) is 4.39 Å². The summed E-state index contributed by atoms with van der Waals surface area (Å²) < 4.78 is 18.9. The first-order chi connectivity index (χ1) is 7.75. The largest absolute Gasteiger partial charge is 0.489 e. The summed E-state index contributed by atoms with van der Waals surface area (Å²) in [5.41, 5.74) is 0.951. The van der Waals surface area contributed by atoms with Crippen LogP contribution in [0, 0.1) is 5.82 Å². The number of aromatic nitrogens is 1. The first kappa shape index (κ1) is 11.1. The molecule has 0 saturated heterocycles. The average Bonchev–Trinajstić information content (AvgIpc) is 2.30. The first-order valence-corrected chi connectivity index (χ1v) is 5.53. The average molecular weight is 282 g/mol. The van der Waals surface area contributed by atoms with E-state index in [0.717, 1.165) is 10.2 Å². The van der Waals surface area contributed by atoms with Gasteiger partial charge in [-0.25, -0.2) is 9.37 Å². The molecule has 0 fully saturated rings. The Labute approximate surface area is 101 Å². The fraction of sp³-hybridized carbons (Fsp3) is 0.0833. The molecule has 0 aliphatic heterocycles. The van der Waals surface area contributed by atoms with Crippen molar-refractivity contribution in [2.75, 3.05) is 0 Å². The van der Waals surface area contributed by atoms with Gasteiger partial charge in [0, 0.05) is 11.8 Å². The molecular formula is C12H9BrFNO. The van der Waals surface area contributed by atoms with Crippen molar-refractivity contribution in [3.05, 3.63) is 58.6 Å². The van der Waals surface area contributed by atoms with Gasteiger partial charge in [-0.3, -0.25) is 0 Å². The van der Waals surface area contributed by atoms with Gasteiger partial charge >= 0.3 is 0 Å². The molecule has 2 rings (SSSR count). The van der Waals surface area contributed by atoms with Crippen LogP contribution < -0.4 is 4.74 Å². The summed E-state index contributed by atoms with van der Waals surface area (Å²) in [6, 6.07) is 9.69. The summed E-state index contributed by atoms with van der Waals surface area (Å²) in [4.78, 5) is 4.08. The van der Waals surface area contributed by atoms with Gasteiger partial charge in [-0.2, -0.15) is 0 Å². The molecule has 4 heteroatoms. The Morgan fingerprint density at radius 1 is 1.19 bits per heavy atom. The molecule has 82 valence electrons. The van der Waals surface area contributed by atoms with Gasteiger partial charge in [0.05, 0.1) is 0 Å². The number of nitrogens with zero attached hydrogens (tertiary/aromatic N) is 1. The second-order valence-electron chi connectivity index (χ2n) is 3.20. The van der Waals surface area contributed by atoms with E-state index < -0.39 is 0 Å². The molecule has 0 atom stereocenters. The van der Waals surface area contributed by atoms with Crippen molar-refractivity contribution >= 4 is 15.9 Å². The third-order valence-electron chi connectivity index (χ3n) is 2.04. The lowest BCUT2D eigenvalue weighted by Gasteiger charge is -2.06. The van der Waals surface area contributed by atoms with Crippen molar-refractivity contribution in [2.24, 2.45) is 0 Å². The third kappa shape index (κ3) is 2.79. The van der Waals surface area contributed by atoms with Gasteiger partial charge in [-0.15, -0.1) is 0 Å². The Morgan fingerprint density at radius 3 is 2.62 bits per heavy atom. The van der Waals surface area contributed by atoms with Crippen LogP contribution >= 0.6 is 15.9 Å². The standard InChI is InChI=1S/C12H9BrFNO/c13-12-9(2-1-7-15-12)8-16-11-5-3-10(14)4-6-11/h1-7H,8H2. The van der Waals surface area contributed by atoms with E-state index in [4.69, 9.17) is 4.74 Å². The minimum atomic E-state index is -0.269. The highest BCUT2D eigenvalue weighted by Crippen LogP contribution is 2.17. The van der Waals surface area contributed by atoms with Gasteiger partial charge in [0.1, 0.15) is 22.8 Å². The molecule has 1 heterocycles. The van der Waals surface area contributed by atoms with Gasteiger partial charge < -0.3 is 4.74 Å². The fourth-order valence-electron chi connectivity index (χ4n) is 1.22. The Bertz CT molecular complexity index is 473. The van der Waals surface area contributed by atoms with Crippen molar-refractivity contribution in [1.29, 1.82) is 0 Å². The van der Waals surface area contributed by atoms with Gasteiger partial charge in [0.2, 0.25) is 0 Å². The molecule has 2 nitrogen and oxygen atoms in total. The third-order valence-corrected chi connectivity index (χ3v) is 2.76. The second kappa shape index (κ2) is 5.07. The molecule has 0 spiro atoms. The zero-order valence-corrected chi connectivity index (χ0v) is 9.95. The SMILES string of the molecule is Fc1ccc(OCc2cccnc2Br)cc1. The molecule has 1 aromatic carbocycles. The lowest BCUT2D eigenvalue weighted by atomic mass is 10.3. The van der Waals surface area contributed by atoms with Crippen LogP contribution in [0.1, 0.15) is 5.56 Å². The minimum absolute atomic E-state index is 0.269. The number of ether oxygens (including phenoxy) is 1. The summed E-state index contributed by atoms with van der Waals surface area (Å²) in [5.74, 6) is 0.368. The minimum Gasteiger partial charge on any atom is -0.489 e. The molecule has 0 aliphatic carbocycles. The number of rotatable bonds is 3. The Hall–Kier alpha value is -1.42. The smallest absolute Gasteiger partial charge is 0.123 e. The highest BCUT2D eigenvalue weighted by molar-refractivity contribution is 9.10. The van der Waals surface area contributed by atoms with E-state index in [1.54, 1.807) is 18.3 Å². The maximum Gasteiger partial charge on any atom is 0.123 e. The monoisotopic (exact) mass is 281 g/mol. The number of hydrogen-bond donors (Lipinski definition) is 0. The molecule has 1 aromatic heterocycles. The lowest BCUT2D eigenvalue weighted by molar-refractivity contribution is 0.304. The van der Waals surface area contributed by atoms with Gasteiger partial charge in [-0.05, 0) is 46.3 Å². The van der Waals surface area contributed by atoms with Crippen LogP contribution in [0.3, 0.4) is 0 Å². The van der Waals surface area contributed by atoms with E-state index in [0.29, 0.717) is 12.4 Å². The van der Waals surface area contributed by atoms with E-state index in [1.807, 2.05) is 12.1 Å². The lowest BCUT2D eigenvalue weighted by Crippen LogP contribution is -1.97. The molecule has 0 bridgehead atoms. The van der Waals surface area contributed by atoms with Crippen molar-refractivity contribution in [3.8, 4) is 5.75 Å². The van der Waals surface area contributed by atoms with E-state index in [-0.39, 0.29) is 5.82 Å². The quantitative estimate of drug-likeness (QED) is 0.803. The summed E-state index contributed by atoms with van der Waals surface area (Å²) >= 11 is 3.33. The van der Waals surface area contributed by atoms with Crippen molar-refractivity contribution < 1.29 is 9.13 Å². The molecule has 0 saturated carbocycles. The zero-order chi connectivity index (χ0) is 11.4.